The molecule has 1 aromatic rings. The molecule has 0 saturated carbocycles. The van der Waals surface area contributed by atoms with Crippen molar-refractivity contribution in [2.24, 2.45) is 5.92 Å². The molecule has 0 aliphatic rings. The van der Waals surface area contributed by atoms with E-state index in [2.05, 4.69) is 50.0 Å². The van der Waals surface area contributed by atoms with E-state index in [0.29, 0.717) is 5.92 Å². The van der Waals surface area contributed by atoms with E-state index in [1.165, 1.54) is 11.1 Å². The van der Waals surface area contributed by atoms with Crippen LogP contribution in [0.1, 0.15) is 19.4 Å². The van der Waals surface area contributed by atoms with Gasteiger partial charge in [0.1, 0.15) is 0 Å². The highest BCUT2D eigenvalue weighted by molar-refractivity contribution is 5.73. The summed E-state index contributed by atoms with van der Waals surface area (Å²) in [4.78, 5) is 0. The van der Waals surface area contributed by atoms with Crippen molar-refractivity contribution < 1.29 is 0 Å². The highest BCUT2D eigenvalue weighted by Gasteiger charge is 2.01. The van der Waals surface area contributed by atoms with E-state index in [4.69, 9.17) is 0 Å². The lowest BCUT2D eigenvalue weighted by Crippen LogP contribution is -1.96. The lowest BCUT2D eigenvalue weighted by molar-refractivity contribution is 0.790. The van der Waals surface area contributed by atoms with Gasteiger partial charge in [0.05, 0.1) is 0 Å². The molecule has 1 rings (SSSR count). The minimum absolute atomic E-state index is 0.486. The second kappa shape index (κ2) is 6.74. The second-order valence-corrected chi connectivity index (χ2v) is 4.31. The SMILES string of the molecule is C=C(/C=C(\C=C/NC)C(C)C)c1ccccc1. The highest BCUT2D eigenvalue weighted by Crippen LogP contribution is 2.19. The number of hydrogen-bond acceptors (Lipinski definition) is 1. The van der Waals surface area contributed by atoms with Crippen molar-refractivity contribution in [3.05, 3.63) is 66.4 Å². The van der Waals surface area contributed by atoms with Gasteiger partial charge in [-0.05, 0) is 34.9 Å². The van der Waals surface area contributed by atoms with Gasteiger partial charge in [-0.2, -0.15) is 0 Å². The van der Waals surface area contributed by atoms with Crippen molar-refractivity contribution in [3.8, 4) is 0 Å². The molecule has 1 nitrogen and oxygen atoms in total. The minimum atomic E-state index is 0.486. The normalized spacial score (nSPS) is 12.1. The van der Waals surface area contributed by atoms with Crippen LogP contribution in [0.3, 0.4) is 0 Å². The first kappa shape index (κ1) is 13.3. The van der Waals surface area contributed by atoms with Crippen molar-refractivity contribution in [1.29, 1.82) is 0 Å². The van der Waals surface area contributed by atoms with Crippen LogP contribution in [0.15, 0.2) is 60.8 Å². The van der Waals surface area contributed by atoms with E-state index in [1.807, 2.05) is 31.4 Å². The van der Waals surface area contributed by atoms with Crippen molar-refractivity contribution >= 4 is 5.57 Å². The Kier molecular flexibility index (Phi) is 5.28. The van der Waals surface area contributed by atoms with E-state index < -0.39 is 0 Å². The molecular formula is C16H21N. The maximum absolute atomic E-state index is 4.12. The molecule has 0 saturated heterocycles. The molecule has 1 N–H and O–H groups in total. The molecular weight excluding hydrogens is 206 g/mol. The predicted octanol–water partition coefficient (Wildman–Crippen LogP) is 4.02. The first-order chi connectivity index (χ1) is 8.15. The molecule has 0 aromatic heterocycles. The number of hydrogen-bond donors (Lipinski definition) is 1. The fourth-order valence-electron chi connectivity index (χ4n) is 1.52. The van der Waals surface area contributed by atoms with Gasteiger partial charge in [-0.3, -0.25) is 0 Å². The average Bonchev–Trinajstić information content (AvgIpc) is 2.35. The van der Waals surface area contributed by atoms with E-state index in [0.717, 1.165) is 5.57 Å². The number of benzene rings is 1. The summed E-state index contributed by atoms with van der Waals surface area (Å²) >= 11 is 0. The van der Waals surface area contributed by atoms with Gasteiger partial charge < -0.3 is 5.32 Å². The van der Waals surface area contributed by atoms with Gasteiger partial charge in [0, 0.05) is 7.05 Å². The maximum Gasteiger partial charge on any atom is 0.00277 e. The van der Waals surface area contributed by atoms with Gasteiger partial charge in [0.15, 0.2) is 0 Å². The van der Waals surface area contributed by atoms with Crippen molar-refractivity contribution in [3.63, 3.8) is 0 Å². The average molecular weight is 227 g/mol. The Balaban J connectivity index is 2.91. The van der Waals surface area contributed by atoms with E-state index >= 15 is 0 Å². The zero-order valence-corrected chi connectivity index (χ0v) is 10.9. The Morgan fingerprint density at radius 2 is 1.88 bits per heavy atom. The van der Waals surface area contributed by atoms with Crippen molar-refractivity contribution in [1.82, 2.24) is 5.32 Å². The van der Waals surface area contributed by atoms with Crippen LogP contribution in [-0.2, 0) is 0 Å². The van der Waals surface area contributed by atoms with Crippen molar-refractivity contribution in [2.75, 3.05) is 7.05 Å². The van der Waals surface area contributed by atoms with Crippen LogP contribution in [0.5, 0.6) is 0 Å². The van der Waals surface area contributed by atoms with Gasteiger partial charge in [0.2, 0.25) is 0 Å². The Hall–Kier alpha value is -1.76. The second-order valence-electron chi connectivity index (χ2n) is 4.31. The summed E-state index contributed by atoms with van der Waals surface area (Å²) in [6.45, 7) is 8.49. The third-order valence-electron chi connectivity index (χ3n) is 2.59. The summed E-state index contributed by atoms with van der Waals surface area (Å²) in [6.07, 6.45) is 6.19. The van der Waals surface area contributed by atoms with Gasteiger partial charge in [-0.1, -0.05) is 56.8 Å². The van der Waals surface area contributed by atoms with Gasteiger partial charge in [-0.15, -0.1) is 0 Å². The van der Waals surface area contributed by atoms with Crippen LogP contribution in [-0.4, -0.2) is 7.05 Å². The molecule has 0 unspecified atom stereocenters. The molecule has 0 fully saturated rings. The number of allylic oxidation sites excluding steroid dienone is 4. The topological polar surface area (TPSA) is 12.0 Å². The van der Waals surface area contributed by atoms with Gasteiger partial charge in [0.25, 0.3) is 0 Å². The summed E-state index contributed by atoms with van der Waals surface area (Å²) in [5.41, 5.74) is 3.49. The summed E-state index contributed by atoms with van der Waals surface area (Å²) in [6, 6.07) is 10.3. The van der Waals surface area contributed by atoms with Gasteiger partial charge >= 0.3 is 0 Å². The molecule has 0 aliphatic heterocycles. The van der Waals surface area contributed by atoms with Crippen LogP contribution in [0, 0.1) is 5.92 Å². The summed E-state index contributed by atoms with van der Waals surface area (Å²) in [5.74, 6) is 0.486. The third-order valence-corrected chi connectivity index (χ3v) is 2.59. The monoisotopic (exact) mass is 227 g/mol. The molecule has 0 amide bonds. The Morgan fingerprint density at radius 1 is 1.24 bits per heavy atom. The molecule has 0 aliphatic carbocycles. The smallest absolute Gasteiger partial charge is 0.00277 e. The third kappa shape index (κ3) is 4.31. The lowest BCUT2D eigenvalue weighted by Gasteiger charge is -2.08. The molecule has 0 spiro atoms. The maximum atomic E-state index is 4.12. The predicted molar refractivity (Wildman–Crippen MR) is 76.6 cm³/mol. The van der Waals surface area contributed by atoms with Crippen LogP contribution < -0.4 is 5.32 Å². The lowest BCUT2D eigenvalue weighted by atomic mass is 9.98. The Bertz CT molecular complexity index is 410. The van der Waals surface area contributed by atoms with E-state index in [1.54, 1.807) is 0 Å². The van der Waals surface area contributed by atoms with E-state index in [9.17, 15) is 0 Å². The van der Waals surface area contributed by atoms with E-state index in [-0.39, 0.29) is 0 Å². The summed E-state index contributed by atoms with van der Waals surface area (Å²) in [5, 5.41) is 3.02. The molecule has 1 aromatic carbocycles. The quantitative estimate of drug-likeness (QED) is 0.749. The molecule has 0 radical (unpaired) electrons. The van der Waals surface area contributed by atoms with Crippen molar-refractivity contribution in [2.45, 2.75) is 13.8 Å². The molecule has 90 valence electrons. The number of nitrogens with one attached hydrogen (secondary N) is 1. The van der Waals surface area contributed by atoms with Crippen LogP contribution in [0.25, 0.3) is 5.57 Å². The summed E-state index contributed by atoms with van der Waals surface area (Å²) < 4.78 is 0. The molecule has 1 heteroatoms. The molecule has 0 heterocycles. The highest BCUT2D eigenvalue weighted by atomic mass is 14.8. The zero-order valence-electron chi connectivity index (χ0n) is 10.9. The van der Waals surface area contributed by atoms with Crippen LogP contribution in [0.2, 0.25) is 0 Å². The zero-order chi connectivity index (χ0) is 12.7. The number of rotatable bonds is 5. The largest absolute Gasteiger partial charge is 0.394 e. The fourth-order valence-corrected chi connectivity index (χ4v) is 1.52. The Labute approximate surface area is 105 Å². The molecule has 0 bridgehead atoms. The minimum Gasteiger partial charge on any atom is -0.394 e. The van der Waals surface area contributed by atoms with Crippen LogP contribution >= 0.6 is 0 Å². The fraction of sp³-hybridized carbons (Fsp3) is 0.250. The first-order valence-electron chi connectivity index (χ1n) is 5.95. The van der Waals surface area contributed by atoms with Crippen LogP contribution in [0.4, 0.5) is 0 Å². The van der Waals surface area contributed by atoms with Gasteiger partial charge in [-0.25, -0.2) is 0 Å². The molecule has 17 heavy (non-hydrogen) atoms. The molecule has 0 atom stereocenters. The summed E-state index contributed by atoms with van der Waals surface area (Å²) in [7, 11) is 1.90. The standard InChI is InChI=1S/C16H21N/c1-13(2)16(10-11-17-4)12-14(3)15-8-6-5-7-9-15/h5-13,17H,3H2,1-2,4H3/b11-10-,16-12+. The Morgan fingerprint density at radius 3 is 2.41 bits per heavy atom. The first-order valence-corrected chi connectivity index (χ1v) is 5.95.